The molecule has 2 aliphatic rings. The Morgan fingerprint density at radius 2 is 1.60 bits per heavy atom. The number of aliphatic hydroxyl groups is 1. The van der Waals surface area contributed by atoms with Gasteiger partial charge in [-0.15, -0.1) is 0 Å². The lowest BCUT2D eigenvalue weighted by atomic mass is 9.83. The van der Waals surface area contributed by atoms with E-state index in [4.69, 9.17) is 10.5 Å². The summed E-state index contributed by atoms with van der Waals surface area (Å²) in [7, 11) is 1.63. The van der Waals surface area contributed by atoms with Gasteiger partial charge >= 0.3 is 0 Å². The fourth-order valence-corrected chi connectivity index (χ4v) is 6.53. The number of hydrogen-bond donors (Lipinski definition) is 6. The third kappa shape index (κ3) is 12.6. The van der Waals surface area contributed by atoms with Gasteiger partial charge in [0.1, 0.15) is 24.2 Å². The summed E-state index contributed by atoms with van der Waals surface area (Å²) in [5, 5.41) is 21.2. The molecule has 1 saturated carbocycles. The van der Waals surface area contributed by atoms with Crippen molar-refractivity contribution in [1.29, 1.82) is 0 Å². The highest BCUT2D eigenvalue weighted by Crippen LogP contribution is 2.28. The lowest BCUT2D eigenvalue weighted by Gasteiger charge is -2.36. The average molecular weight is 667 g/mol. The molecule has 0 aromatic carbocycles. The summed E-state index contributed by atoms with van der Waals surface area (Å²) in [6.07, 6.45) is 7.59. The van der Waals surface area contributed by atoms with E-state index in [0.717, 1.165) is 57.8 Å². The second-order valence-electron chi connectivity index (χ2n) is 13.8. The zero-order valence-electron chi connectivity index (χ0n) is 29.5. The third-order valence-corrected chi connectivity index (χ3v) is 9.47. The van der Waals surface area contributed by atoms with Crippen LogP contribution in [0.1, 0.15) is 105 Å². The number of likely N-dealkylation sites (N-methyl/N-ethyl adjacent to an activating group) is 1. The second kappa shape index (κ2) is 20.6. The van der Waals surface area contributed by atoms with Crippen molar-refractivity contribution in [2.45, 2.75) is 142 Å². The Morgan fingerprint density at radius 3 is 2.19 bits per heavy atom. The van der Waals surface area contributed by atoms with E-state index >= 15 is 0 Å². The summed E-state index contributed by atoms with van der Waals surface area (Å²) in [4.78, 5) is 69.6. The number of rotatable bonds is 10. The number of hydrogen-bond acceptors (Lipinski definition) is 8. The van der Waals surface area contributed by atoms with Crippen LogP contribution < -0.4 is 27.0 Å². The molecule has 0 bridgehead atoms. The van der Waals surface area contributed by atoms with Crippen LogP contribution in [-0.2, 0) is 28.7 Å². The molecular weight excluding hydrogens is 604 g/mol. The van der Waals surface area contributed by atoms with Gasteiger partial charge in [0.2, 0.25) is 29.5 Å². The zero-order chi connectivity index (χ0) is 35.1. The van der Waals surface area contributed by atoms with Crippen molar-refractivity contribution >= 4 is 29.5 Å². The van der Waals surface area contributed by atoms with Gasteiger partial charge in [0.05, 0.1) is 24.7 Å². The van der Waals surface area contributed by atoms with Gasteiger partial charge in [-0.05, 0) is 44.4 Å². The van der Waals surface area contributed by atoms with E-state index in [1.165, 1.54) is 11.8 Å². The fourth-order valence-electron chi connectivity index (χ4n) is 6.53. The highest BCUT2D eigenvalue weighted by molar-refractivity contribution is 5.96. The molecule has 2 rings (SSSR count). The molecule has 1 aliphatic carbocycles. The van der Waals surface area contributed by atoms with Gasteiger partial charge in [-0.25, -0.2) is 0 Å². The van der Waals surface area contributed by atoms with E-state index in [1.807, 2.05) is 13.8 Å². The minimum Gasteiger partial charge on any atom is -0.391 e. The molecule has 2 fully saturated rings. The molecule has 1 saturated heterocycles. The molecule has 0 radical (unpaired) electrons. The van der Waals surface area contributed by atoms with Gasteiger partial charge in [0.15, 0.2) is 0 Å². The number of ether oxygens (including phenoxy) is 1. The monoisotopic (exact) mass is 666 g/mol. The summed E-state index contributed by atoms with van der Waals surface area (Å²) in [6.45, 7) is 9.19. The molecule has 0 aromatic rings. The molecule has 0 spiro atoms. The number of unbranched alkanes of at least 4 members (excludes halogenated alkanes) is 3. The van der Waals surface area contributed by atoms with Gasteiger partial charge < -0.3 is 41.7 Å². The molecule has 0 unspecified atom stereocenters. The van der Waals surface area contributed by atoms with Gasteiger partial charge in [-0.3, -0.25) is 24.0 Å². The normalized spacial score (nSPS) is 29.2. The molecular formula is C34H62N6O7. The largest absolute Gasteiger partial charge is 0.391 e. The van der Waals surface area contributed by atoms with Gasteiger partial charge in [0.25, 0.3) is 0 Å². The second-order valence-corrected chi connectivity index (χ2v) is 13.8. The van der Waals surface area contributed by atoms with E-state index in [2.05, 4.69) is 28.2 Å². The molecule has 1 heterocycles. The Hall–Kier alpha value is -2.77. The number of aliphatic hydroxyl groups excluding tert-OH is 1. The van der Waals surface area contributed by atoms with Crippen molar-refractivity contribution in [3.05, 3.63) is 0 Å². The van der Waals surface area contributed by atoms with Crippen molar-refractivity contribution in [3.63, 3.8) is 0 Å². The first kappa shape index (κ1) is 40.4. The van der Waals surface area contributed by atoms with Gasteiger partial charge in [-0.2, -0.15) is 0 Å². The van der Waals surface area contributed by atoms with Crippen molar-refractivity contribution in [2.75, 3.05) is 26.7 Å². The van der Waals surface area contributed by atoms with Crippen molar-refractivity contribution in [2.24, 2.45) is 23.5 Å². The Labute approximate surface area is 281 Å². The summed E-state index contributed by atoms with van der Waals surface area (Å²) < 4.78 is 6.19. The van der Waals surface area contributed by atoms with Crippen molar-refractivity contribution in [3.8, 4) is 0 Å². The van der Waals surface area contributed by atoms with Crippen LogP contribution in [-0.4, -0.2) is 103 Å². The maximum Gasteiger partial charge on any atom is 0.245 e. The van der Waals surface area contributed by atoms with Crippen LogP contribution in [0.3, 0.4) is 0 Å². The summed E-state index contributed by atoms with van der Waals surface area (Å²) in [6, 6.07) is -4.30. The van der Waals surface area contributed by atoms with Gasteiger partial charge in [-0.1, -0.05) is 72.6 Å². The number of nitrogens with one attached hydrogen (secondary N) is 4. The molecule has 5 amide bonds. The maximum absolute atomic E-state index is 14.1. The van der Waals surface area contributed by atoms with Crippen LogP contribution in [0.4, 0.5) is 0 Å². The van der Waals surface area contributed by atoms with E-state index in [0.29, 0.717) is 12.8 Å². The summed E-state index contributed by atoms with van der Waals surface area (Å²) in [5.41, 5.74) is 5.90. The van der Waals surface area contributed by atoms with Crippen LogP contribution in [0.15, 0.2) is 0 Å². The molecule has 1 aliphatic heterocycles. The highest BCUT2D eigenvalue weighted by Gasteiger charge is 2.39. The van der Waals surface area contributed by atoms with E-state index < -0.39 is 65.9 Å². The SMILES string of the molecule is CCCCCC[C@H]1OCCNC(=O)[C@H]([C@H](C)O)NC(=O)[C@H](CN)NC(=O)[C@H](C2CCCCC2)NC(=O)[C@H](CC(C)C)N(C)C(=O)[C@@H]1C. The lowest BCUT2D eigenvalue weighted by Crippen LogP contribution is -2.62. The van der Waals surface area contributed by atoms with Crippen LogP contribution >= 0.6 is 0 Å². The Bertz CT molecular complexity index is 1020. The Balaban J connectivity index is 2.51. The molecule has 7 atom stereocenters. The maximum atomic E-state index is 14.1. The Kier molecular flexibility index (Phi) is 17.7. The third-order valence-electron chi connectivity index (χ3n) is 9.47. The molecule has 270 valence electrons. The number of carbonyl (C=O) groups is 5. The van der Waals surface area contributed by atoms with Crippen LogP contribution in [0, 0.1) is 17.8 Å². The van der Waals surface area contributed by atoms with Crippen LogP contribution in [0.5, 0.6) is 0 Å². The summed E-state index contributed by atoms with van der Waals surface area (Å²) in [5.74, 6) is -3.23. The van der Waals surface area contributed by atoms with Crippen molar-refractivity contribution < 1.29 is 33.8 Å². The highest BCUT2D eigenvalue weighted by atomic mass is 16.5. The molecule has 0 aromatic heterocycles. The molecule has 7 N–H and O–H groups in total. The van der Waals surface area contributed by atoms with E-state index in [-0.39, 0.29) is 37.4 Å². The first-order valence-electron chi connectivity index (χ1n) is 17.8. The van der Waals surface area contributed by atoms with Crippen LogP contribution in [0.25, 0.3) is 0 Å². The standard InChI is InChI=1S/C34H62N6O7/c1-7-8-9-13-16-27-22(4)34(46)40(6)26(19-21(2)3)31(43)39-29(24-14-11-10-12-15-24)33(45)37-25(20-35)30(42)38-28(23(5)41)32(44)36-17-18-47-27/h21-29,41H,7-20,35H2,1-6H3,(H,36,44)(H,37,45)(H,38,42)(H,39,43)/t22-,23+,25+,26+,27-,28+,29+/m1/s1. The molecule has 13 heteroatoms. The van der Waals surface area contributed by atoms with Gasteiger partial charge in [0, 0.05) is 20.1 Å². The zero-order valence-corrected chi connectivity index (χ0v) is 29.5. The van der Waals surface area contributed by atoms with Crippen LogP contribution in [0.2, 0.25) is 0 Å². The minimum atomic E-state index is -1.31. The smallest absolute Gasteiger partial charge is 0.245 e. The Morgan fingerprint density at radius 1 is 0.915 bits per heavy atom. The summed E-state index contributed by atoms with van der Waals surface area (Å²) >= 11 is 0. The number of amides is 5. The fraction of sp³-hybridized carbons (Fsp3) is 0.853. The topological polar surface area (TPSA) is 192 Å². The predicted molar refractivity (Wildman–Crippen MR) is 180 cm³/mol. The minimum absolute atomic E-state index is 0.0803. The predicted octanol–water partition coefficient (Wildman–Crippen LogP) is 1.36. The first-order valence-corrected chi connectivity index (χ1v) is 17.8. The van der Waals surface area contributed by atoms with E-state index in [1.54, 1.807) is 14.0 Å². The lowest BCUT2D eigenvalue weighted by molar-refractivity contribution is -0.147. The quantitative estimate of drug-likeness (QED) is 0.188. The van der Waals surface area contributed by atoms with E-state index in [9.17, 15) is 29.1 Å². The number of nitrogens with zero attached hydrogens (tertiary/aromatic N) is 1. The first-order chi connectivity index (χ1) is 22.3. The average Bonchev–Trinajstić information content (AvgIpc) is 3.04. The molecule has 47 heavy (non-hydrogen) atoms. The number of nitrogens with two attached hydrogens (primary N) is 1. The number of carbonyl (C=O) groups excluding carboxylic acids is 5. The van der Waals surface area contributed by atoms with Crippen molar-refractivity contribution in [1.82, 2.24) is 26.2 Å². The molecule has 13 nitrogen and oxygen atoms in total.